The highest BCUT2D eigenvalue weighted by molar-refractivity contribution is 5.00. The smallest absolute Gasteiger partial charge is 0.139 e. The van der Waals surface area contributed by atoms with Gasteiger partial charge < -0.3 is 174 Å². The van der Waals surface area contributed by atoms with E-state index in [1.54, 1.807) is 48.5 Å². The second-order valence-corrected chi connectivity index (χ2v) is 37.6. The summed E-state index contributed by atoms with van der Waals surface area (Å²) in [7, 11) is 0. The van der Waals surface area contributed by atoms with E-state index in [2.05, 4.69) is 0 Å². The Bertz CT molecular complexity index is 2330. The summed E-state index contributed by atoms with van der Waals surface area (Å²) in [6.07, 6.45) is -10.9. The fourth-order valence-corrected chi connectivity index (χ4v) is 13.6. The van der Waals surface area contributed by atoms with E-state index in [-0.39, 0.29) is 106 Å². The van der Waals surface area contributed by atoms with Crippen molar-refractivity contribution in [3.63, 3.8) is 0 Å². The average molecular weight is 1820 g/mol. The Morgan fingerprint density at radius 3 is 0.839 bits per heavy atom. The molecule has 34 N–H and O–H groups in total. The molecule has 34 heteroatoms. The van der Waals surface area contributed by atoms with Gasteiger partial charge in [-0.3, -0.25) is 0 Å². The number of hydrogen-bond donors (Lipinski definition) is 34. The minimum Gasteiger partial charge on any atom is -0.396 e. The molecular weight excluding hydrogens is 1620 g/mol. The highest BCUT2D eigenvalue weighted by atomic mass is 16.4. The summed E-state index contributed by atoms with van der Waals surface area (Å²) < 4.78 is 0. The summed E-state index contributed by atoms with van der Waals surface area (Å²) in [6.45, 7) is 45.8. The van der Waals surface area contributed by atoms with Crippen molar-refractivity contribution in [2.24, 2.45) is 71.0 Å². The van der Waals surface area contributed by atoms with Crippen molar-refractivity contribution >= 4 is 0 Å². The fraction of sp³-hybridized carbons (Fsp3) is 1.00. The molecule has 0 amide bonds. The largest absolute Gasteiger partial charge is 0.396 e. The third-order valence-electron chi connectivity index (χ3n) is 22.5. The van der Waals surface area contributed by atoms with Crippen molar-refractivity contribution in [2.45, 2.75) is 439 Å². The molecule has 0 spiro atoms. The van der Waals surface area contributed by atoms with E-state index in [0.29, 0.717) is 76.0 Å². The van der Waals surface area contributed by atoms with Crippen LogP contribution in [0, 0.1) is 71.0 Å². The monoisotopic (exact) mass is 1820 g/mol. The van der Waals surface area contributed by atoms with Crippen LogP contribution >= 0.6 is 0 Å². The van der Waals surface area contributed by atoms with Crippen LogP contribution in [0.4, 0.5) is 0 Å². The first-order valence-corrected chi connectivity index (χ1v) is 45.4. The van der Waals surface area contributed by atoms with Crippen LogP contribution in [0.5, 0.6) is 0 Å². The highest BCUT2D eigenvalue weighted by Gasteiger charge is 2.48. The van der Waals surface area contributed by atoms with E-state index in [1.807, 2.05) is 138 Å². The lowest BCUT2D eigenvalue weighted by molar-refractivity contribution is -0.197. The predicted molar refractivity (Wildman–Crippen MR) is 481 cm³/mol. The Labute approximate surface area is 746 Å². The molecule has 34 nitrogen and oxygen atoms in total. The second-order valence-electron chi connectivity index (χ2n) is 37.6. The number of aliphatic hydroxyl groups is 34. The lowest BCUT2D eigenvalue weighted by atomic mass is 9.76. The molecule has 0 aliphatic rings. The van der Waals surface area contributed by atoms with Crippen LogP contribution in [0.1, 0.15) is 296 Å². The molecule has 0 aromatic heterocycles. The van der Waals surface area contributed by atoms with Gasteiger partial charge in [-0.15, -0.1) is 0 Å². The minimum atomic E-state index is -1.79. The predicted octanol–water partition coefficient (Wildman–Crippen LogP) is 0.617. The van der Waals surface area contributed by atoms with Gasteiger partial charge >= 0.3 is 0 Å². The first-order chi connectivity index (χ1) is 56.7. The van der Waals surface area contributed by atoms with Crippen LogP contribution in [0.15, 0.2) is 0 Å². The van der Waals surface area contributed by atoms with Gasteiger partial charge in [0.1, 0.15) is 70.2 Å². The number of hydrogen-bond acceptors (Lipinski definition) is 34. The zero-order valence-electron chi connectivity index (χ0n) is 81.5. The Kier molecular flexibility index (Phi) is 83.9. The third-order valence-corrected chi connectivity index (χ3v) is 22.5. The number of aliphatic hydroxyl groups excluding tert-OH is 27. The molecule has 762 valence electrons. The molecule has 124 heavy (non-hydrogen) atoms. The van der Waals surface area contributed by atoms with E-state index in [0.717, 1.165) is 12.8 Å². The zero-order valence-corrected chi connectivity index (χ0v) is 81.5. The molecule has 0 aliphatic heterocycles. The van der Waals surface area contributed by atoms with E-state index in [1.165, 1.54) is 0 Å². The first kappa shape index (κ1) is 141. The quantitative estimate of drug-likeness (QED) is 0.0397. The van der Waals surface area contributed by atoms with Gasteiger partial charge in [-0.25, -0.2) is 0 Å². The highest BCUT2D eigenvalue weighted by Crippen LogP contribution is 2.33. The van der Waals surface area contributed by atoms with E-state index in [4.69, 9.17) is 51.1 Å². The average Bonchev–Trinajstić information content (AvgIpc) is 0.815. The molecule has 0 aliphatic carbocycles. The standard InChI is InChI=1S/7C10H22O4.2C10H22O3/c1-4-9(13,6-11)10(14,7-12)5-8(2)3;1-4-10(14,6-12)9(13)8(5-11)7(2)3;1-4-10(14,6-11)9(13)8(12)5-7(2)3;1-4-8(12)9(13)10(14,6-11)5-7(2)3;1-4-8(12)10(14,6-11)9(13)5-7(2)3;1-4-8(12)10(14)9(13)7(5-11)6(2)3;1-4-7(11)9(13)10(14)8(12)5-6(2)3;1-4-9(12)8(5-7(2)3)10(13)6-11;1-4-5-10(13,6-8(2)3)9(12)7-11/h8,11-14H,4-7H2,1-3H3;4*7-9,11-14H,4-6H2,1-3H3;2*6-14H,4-5H2,1-3H3;7-13H,4-6H2,1-3H3;8-9,11-13H,4-7H2,1-3H3. The van der Waals surface area contributed by atoms with Crippen LogP contribution in [0.3, 0.4) is 0 Å². The molecule has 0 saturated carbocycles. The molecule has 0 rings (SSSR count). The number of rotatable bonds is 54. The fourth-order valence-electron chi connectivity index (χ4n) is 13.6. The summed E-state index contributed by atoms with van der Waals surface area (Å²) in [5, 5.41) is 321. The SMILES string of the molecule is CCC(O)(CO)C(O)(CO)CC(C)C.CCC(O)(CO)C(O)C(CO)C(C)C.CCC(O)(CO)C(O)C(O)CC(C)C.CCC(O)C(CC(C)C)C(O)CO.CCC(O)C(O)(CO)C(O)CC(C)C.CCC(O)C(O)C(O)(CO)CC(C)C.CCC(O)C(O)C(O)C(CO)C(C)C.CCC(O)C(O)C(O)C(O)CC(C)C.CCCC(O)(CC(C)C)C(O)CO. The molecule has 0 aromatic carbocycles. The van der Waals surface area contributed by atoms with Gasteiger partial charge in [0.15, 0.2) is 0 Å². The van der Waals surface area contributed by atoms with Gasteiger partial charge in [-0.05, 0) is 156 Å². The van der Waals surface area contributed by atoms with Gasteiger partial charge in [0.05, 0.1) is 126 Å². The summed E-state index contributed by atoms with van der Waals surface area (Å²) in [4.78, 5) is 0. The van der Waals surface area contributed by atoms with Crippen molar-refractivity contribution in [2.75, 3.05) is 66.1 Å². The van der Waals surface area contributed by atoms with Gasteiger partial charge in [-0.1, -0.05) is 193 Å². The maximum atomic E-state index is 10.0. The lowest BCUT2D eigenvalue weighted by Gasteiger charge is -2.41. The molecule has 0 radical (unpaired) electrons. The van der Waals surface area contributed by atoms with Crippen molar-refractivity contribution in [3.8, 4) is 0 Å². The molecule has 27 unspecified atom stereocenters. The van der Waals surface area contributed by atoms with Gasteiger partial charge in [0, 0.05) is 31.0 Å². The third kappa shape index (κ3) is 56.0. The van der Waals surface area contributed by atoms with Gasteiger partial charge in [-0.2, -0.15) is 0 Å². The Morgan fingerprint density at radius 2 is 0.565 bits per heavy atom. The van der Waals surface area contributed by atoms with Crippen LogP contribution in [0.25, 0.3) is 0 Å². The van der Waals surface area contributed by atoms with Crippen LogP contribution in [-0.2, 0) is 0 Å². The maximum Gasteiger partial charge on any atom is 0.139 e. The lowest BCUT2D eigenvalue weighted by Crippen LogP contribution is -2.59. The maximum absolute atomic E-state index is 10.0. The van der Waals surface area contributed by atoms with Crippen molar-refractivity contribution in [1.82, 2.24) is 0 Å². The summed E-state index contributed by atoms with van der Waals surface area (Å²) in [6, 6.07) is 0. The minimum absolute atomic E-state index is 0.0552. The van der Waals surface area contributed by atoms with Crippen LogP contribution in [-0.4, -0.2) is 383 Å². The molecule has 0 bridgehead atoms. The van der Waals surface area contributed by atoms with Crippen LogP contribution in [0.2, 0.25) is 0 Å². The van der Waals surface area contributed by atoms with Crippen molar-refractivity contribution in [3.05, 3.63) is 0 Å². The Hall–Kier alpha value is -1.36. The normalized spacial score (nSPS) is 20.2. The second kappa shape index (κ2) is 74.0. The van der Waals surface area contributed by atoms with E-state index >= 15 is 0 Å². The van der Waals surface area contributed by atoms with E-state index < -0.39 is 194 Å². The van der Waals surface area contributed by atoms with Crippen molar-refractivity contribution in [1.29, 1.82) is 0 Å². The van der Waals surface area contributed by atoms with Gasteiger partial charge in [0.2, 0.25) is 0 Å². The van der Waals surface area contributed by atoms with Crippen molar-refractivity contribution < 1.29 is 174 Å². The molecule has 0 fully saturated rings. The summed E-state index contributed by atoms with van der Waals surface area (Å²) in [5.74, 6) is 0.812. The molecule has 0 saturated heterocycles. The summed E-state index contributed by atoms with van der Waals surface area (Å²) in [5.41, 5.74) is -10.8. The van der Waals surface area contributed by atoms with Gasteiger partial charge in [0.25, 0.3) is 0 Å². The zero-order chi connectivity index (χ0) is 100. The topological polar surface area (TPSA) is 688 Å². The summed E-state index contributed by atoms with van der Waals surface area (Å²) >= 11 is 0. The molecule has 0 aromatic rings. The Balaban J connectivity index is -0.000000171. The van der Waals surface area contributed by atoms with Crippen LogP contribution < -0.4 is 0 Å². The molecular formula is C90H198O34. The molecule has 27 atom stereocenters. The molecule has 0 heterocycles. The Morgan fingerprint density at radius 1 is 0.226 bits per heavy atom. The van der Waals surface area contributed by atoms with E-state index in [9.17, 15) is 123 Å². The first-order valence-electron chi connectivity index (χ1n) is 45.4.